The van der Waals surface area contributed by atoms with Gasteiger partial charge in [0.1, 0.15) is 0 Å². The van der Waals surface area contributed by atoms with Crippen LogP contribution in [-0.4, -0.2) is 25.1 Å². The van der Waals surface area contributed by atoms with Gasteiger partial charge in [0.15, 0.2) is 8.32 Å². The third-order valence-corrected chi connectivity index (χ3v) is 12.0. The quantitative estimate of drug-likeness (QED) is 0.298. The first-order chi connectivity index (χ1) is 12.8. The van der Waals surface area contributed by atoms with Gasteiger partial charge in [-0.05, 0) is 76.4 Å². The first-order valence-electron chi connectivity index (χ1n) is 11.4. The molecule has 0 aliphatic heterocycles. The Morgan fingerprint density at radius 2 is 1.89 bits per heavy atom. The predicted molar refractivity (Wildman–Crippen MR) is 123 cm³/mol. The van der Waals surface area contributed by atoms with E-state index in [2.05, 4.69) is 58.7 Å². The zero-order chi connectivity index (χ0) is 21.2. The highest BCUT2D eigenvalue weighted by atomic mass is 28.4. The van der Waals surface area contributed by atoms with E-state index in [0.29, 0.717) is 12.0 Å². The molecule has 2 rings (SSSR count). The van der Waals surface area contributed by atoms with Crippen LogP contribution in [0.2, 0.25) is 18.1 Å². The van der Waals surface area contributed by atoms with Gasteiger partial charge in [0.2, 0.25) is 0 Å². The van der Waals surface area contributed by atoms with Crippen LogP contribution >= 0.6 is 0 Å². The molecule has 1 fully saturated rings. The molecule has 0 saturated heterocycles. The number of fused-ring (bicyclic) bond motifs is 1. The summed E-state index contributed by atoms with van der Waals surface area (Å²) in [5.74, 6) is 7.60. The highest BCUT2D eigenvalue weighted by molar-refractivity contribution is 6.74. The second kappa shape index (κ2) is 8.66. The van der Waals surface area contributed by atoms with Gasteiger partial charge in [0.05, 0.1) is 11.7 Å². The average Bonchev–Trinajstić information content (AvgIpc) is 2.93. The fourth-order valence-corrected chi connectivity index (χ4v) is 5.93. The van der Waals surface area contributed by atoms with E-state index in [1.54, 1.807) is 0 Å². The Hall–Kier alpha value is -0.563. The van der Waals surface area contributed by atoms with Gasteiger partial charge < -0.3 is 9.53 Å². The molecular formula is C25H44O2Si. The lowest BCUT2D eigenvalue weighted by Gasteiger charge is -2.46. The van der Waals surface area contributed by atoms with E-state index in [1.165, 1.54) is 24.8 Å². The van der Waals surface area contributed by atoms with Crippen molar-refractivity contribution in [1.82, 2.24) is 0 Å². The minimum atomic E-state index is -1.75. The van der Waals surface area contributed by atoms with E-state index in [-0.39, 0.29) is 10.5 Å². The molecule has 3 atom stereocenters. The highest BCUT2D eigenvalue weighted by Crippen LogP contribution is 2.54. The molecule has 160 valence electrons. The number of hydrogen-bond acceptors (Lipinski definition) is 2. The average molecular weight is 405 g/mol. The van der Waals surface area contributed by atoms with E-state index < -0.39 is 13.9 Å². The zero-order valence-corrected chi connectivity index (χ0v) is 20.7. The molecule has 0 aromatic heterocycles. The fourth-order valence-electron chi connectivity index (χ4n) is 4.56. The molecule has 0 aromatic rings. The maximum Gasteiger partial charge on any atom is 0.192 e. The van der Waals surface area contributed by atoms with Gasteiger partial charge in [0, 0.05) is 17.4 Å². The largest absolute Gasteiger partial charge is 0.413 e. The first-order valence-corrected chi connectivity index (χ1v) is 14.3. The monoisotopic (exact) mass is 404 g/mol. The summed E-state index contributed by atoms with van der Waals surface area (Å²) >= 11 is 0. The Morgan fingerprint density at radius 1 is 1.21 bits per heavy atom. The molecule has 3 heteroatoms. The van der Waals surface area contributed by atoms with Crippen molar-refractivity contribution < 1.29 is 9.53 Å². The lowest BCUT2D eigenvalue weighted by atomic mass is 9.67. The molecule has 2 aliphatic rings. The number of unbranched alkanes of at least 4 members (excludes halogenated alkanes) is 2. The molecule has 0 aromatic carbocycles. The van der Waals surface area contributed by atoms with Crippen LogP contribution in [0.15, 0.2) is 11.6 Å². The molecule has 0 spiro atoms. The second-order valence-electron chi connectivity index (χ2n) is 11.5. The van der Waals surface area contributed by atoms with Crippen LogP contribution in [0.4, 0.5) is 0 Å². The van der Waals surface area contributed by atoms with Crippen molar-refractivity contribution in [2.75, 3.05) is 0 Å². The summed E-state index contributed by atoms with van der Waals surface area (Å²) in [6, 6.07) is 0. The van der Waals surface area contributed by atoms with Crippen molar-refractivity contribution in [3.05, 3.63) is 11.6 Å². The third-order valence-electron chi connectivity index (χ3n) is 7.46. The van der Waals surface area contributed by atoms with E-state index in [1.807, 2.05) is 13.8 Å². The van der Waals surface area contributed by atoms with Crippen molar-refractivity contribution in [3.8, 4) is 11.8 Å². The Bertz CT molecular complexity index is 624. The van der Waals surface area contributed by atoms with Gasteiger partial charge in [-0.15, -0.1) is 0 Å². The SMILES string of the molecule is CC(C)(O)CCCCC#CC1=CC[C@H](O[Si](C)(C)C(C)(C)C)[C@@H]2CCC[C@@]12C. The maximum atomic E-state index is 9.82. The predicted octanol–water partition coefficient (Wildman–Crippen LogP) is 6.85. The Labute approximate surface area is 175 Å². The van der Waals surface area contributed by atoms with Crippen LogP contribution in [0, 0.1) is 23.2 Å². The molecular weight excluding hydrogens is 360 g/mol. The van der Waals surface area contributed by atoms with Gasteiger partial charge in [-0.25, -0.2) is 0 Å². The molecule has 1 N–H and O–H groups in total. The van der Waals surface area contributed by atoms with E-state index >= 15 is 0 Å². The van der Waals surface area contributed by atoms with E-state index in [0.717, 1.165) is 32.1 Å². The summed E-state index contributed by atoms with van der Waals surface area (Å²) in [6.45, 7) is 18.0. The van der Waals surface area contributed by atoms with Crippen LogP contribution in [0.25, 0.3) is 0 Å². The topological polar surface area (TPSA) is 29.5 Å². The van der Waals surface area contributed by atoms with Crippen LogP contribution in [0.1, 0.15) is 92.9 Å². The molecule has 0 unspecified atom stereocenters. The third kappa shape index (κ3) is 5.74. The number of hydrogen-bond donors (Lipinski definition) is 1. The van der Waals surface area contributed by atoms with Gasteiger partial charge in [-0.2, -0.15) is 0 Å². The highest BCUT2D eigenvalue weighted by Gasteiger charge is 2.50. The lowest BCUT2D eigenvalue weighted by Crippen LogP contribution is -2.48. The standard InChI is InChI=1S/C25H44O2Si/c1-23(2,3)28(7,8)27-22-17-16-20(25(6)19-13-15-21(22)25)14-11-9-10-12-18-24(4,5)26/h16,21-22,26H,9-10,12-13,15,17-19H2,1-8H3/t21-,22-,25-/m0/s1. The van der Waals surface area contributed by atoms with Gasteiger partial charge >= 0.3 is 0 Å². The Balaban J connectivity index is 2.03. The molecule has 0 heterocycles. The van der Waals surface area contributed by atoms with Crippen molar-refractivity contribution >= 4 is 8.32 Å². The minimum Gasteiger partial charge on any atom is -0.413 e. The van der Waals surface area contributed by atoms with Crippen LogP contribution in [0.3, 0.4) is 0 Å². The van der Waals surface area contributed by atoms with Crippen molar-refractivity contribution in [3.63, 3.8) is 0 Å². The number of allylic oxidation sites excluding steroid dienone is 1. The molecule has 0 bridgehead atoms. The summed E-state index contributed by atoms with van der Waals surface area (Å²) in [5.41, 5.74) is 1.02. The minimum absolute atomic E-state index is 0.200. The van der Waals surface area contributed by atoms with Crippen LogP contribution in [0.5, 0.6) is 0 Å². The first kappa shape index (κ1) is 23.7. The summed E-state index contributed by atoms with van der Waals surface area (Å²) in [6.07, 6.45) is 11.5. The molecule has 2 nitrogen and oxygen atoms in total. The van der Waals surface area contributed by atoms with Crippen molar-refractivity contribution in [1.29, 1.82) is 0 Å². The molecule has 0 amide bonds. The van der Waals surface area contributed by atoms with Crippen molar-refractivity contribution in [2.45, 2.75) is 123 Å². The van der Waals surface area contributed by atoms with E-state index in [4.69, 9.17) is 4.43 Å². The fraction of sp³-hybridized carbons (Fsp3) is 0.840. The Morgan fingerprint density at radius 3 is 2.50 bits per heavy atom. The summed E-state index contributed by atoms with van der Waals surface area (Å²) in [4.78, 5) is 0. The van der Waals surface area contributed by atoms with Gasteiger partial charge in [-0.3, -0.25) is 0 Å². The van der Waals surface area contributed by atoms with Crippen LogP contribution in [-0.2, 0) is 4.43 Å². The van der Waals surface area contributed by atoms with Gasteiger partial charge in [0.25, 0.3) is 0 Å². The zero-order valence-electron chi connectivity index (χ0n) is 19.7. The van der Waals surface area contributed by atoms with Crippen LogP contribution < -0.4 is 0 Å². The number of aliphatic hydroxyl groups is 1. The molecule has 2 aliphatic carbocycles. The Kier molecular flexibility index (Phi) is 7.34. The number of rotatable bonds is 6. The maximum absolute atomic E-state index is 9.82. The molecule has 28 heavy (non-hydrogen) atoms. The lowest BCUT2D eigenvalue weighted by molar-refractivity contribution is 0.0642. The second-order valence-corrected chi connectivity index (χ2v) is 16.3. The van der Waals surface area contributed by atoms with E-state index in [9.17, 15) is 5.11 Å². The summed E-state index contributed by atoms with van der Waals surface area (Å²) in [5, 5.41) is 10.1. The van der Waals surface area contributed by atoms with Gasteiger partial charge in [-0.1, -0.05) is 52.0 Å². The summed E-state index contributed by atoms with van der Waals surface area (Å²) in [7, 11) is -1.75. The van der Waals surface area contributed by atoms with Crippen molar-refractivity contribution in [2.24, 2.45) is 11.3 Å². The normalized spacial score (nSPS) is 28.4. The molecule has 1 saturated carbocycles. The summed E-state index contributed by atoms with van der Waals surface area (Å²) < 4.78 is 6.88. The molecule has 0 radical (unpaired) electrons. The smallest absolute Gasteiger partial charge is 0.192 e.